The lowest BCUT2D eigenvalue weighted by atomic mass is 9.77. The van der Waals surface area contributed by atoms with Crippen molar-refractivity contribution in [2.75, 3.05) is 34.3 Å². The van der Waals surface area contributed by atoms with E-state index in [4.69, 9.17) is 4.74 Å². The molecule has 1 aliphatic heterocycles. The summed E-state index contributed by atoms with van der Waals surface area (Å²) in [5.74, 6) is 2.06. The van der Waals surface area contributed by atoms with Crippen molar-refractivity contribution in [2.24, 2.45) is 11.8 Å². The standard InChI is InChI=1S/C21H28N4O2/c1-24(2)18-10-16-12-25(13-17(16)11-19(18)27-3)21(26)15-6-4-14(5-7-15)20-22-8-9-23-20/h4-9,16-19H,10-13H2,1-3H3,(H,22,23)/t16-,17+,18-,19-/m1/s1. The number of nitrogens with one attached hydrogen (secondary N) is 1. The fourth-order valence-electron chi connectivity index (χ4n) is 4.73. The van der Waals surface area contributed by atoms with Crippen LogP contribution in [0.25, 0.3) is 11.4 Å². The van der Waals surface area contributed by atoms with Gasteiger partial charge in [0, 0.05) is 49.8 Å². The van der Waals surface area contributed by atoms with Crippen LogP contribution in [0.4, 0.5) is 0 Å². The molecule has 2 aromatic rings. The lowest BCUT2D eigenvalue weighted by Gasteiger charge is -2.40. The molecule has 6 nitrogen and oxygen atoms in total. The molecule has 1 aromatic heterocycles. The molecule has 0 unspecified atom stereocenters. The molecule has 0 radical (unpaired) electrons. The van der Waals surface area contributed by atoms with E-state index < -0.39 is 0 Å². The first-order valence-corrected chi connectivity index (χ1v) is 9.65. The highest BCUT2D eigenvalue weighted by atomic mass is 16.5. The Balaban J connectivity index is 1.45. The maximum atomic E-state index is 13.0. The summed E-state index contributed by atoms with van der Waals surface area (Å²) in [5, 5.41) is 0. The number of likely N-dealkylation sites (tertiary alicyclic amines) is 1. The lowest BCUT2D eigenvalue weighted by Crippen LogP contribution is -2.47. The predicted molar refractivity (Wildman–Crippen MR) is 104 cm³/mol. The van der Waals surface area contributed by atoms with Crippen LogP contribution in [0.15, 0.2) is 36.7 Å². The van der Waals surface area contributed by atoms with Crippen molar-refractivity contribution in [1.29, 1.82) is 0 Å². The van der Waals surface area contributed by atoms with Gasteiger partial charge in [-0.25, -0.2) is 4.98 Å². The molecular weight excluding hydrogens is 340 g/mol. The molecule has 2 fully saturated rings. The highest BCUT2D eigenvalue weighted by Gasteiger charge is 2.44. The van der Waals surface area contributed by atoms with Gasteiger partial charge in [-0.3, -0.25) is 4.79 Å². The minimum atomic E-state index is 0.130. The largest absolute Gasteiger partial charge is 0.380 e. The Morgan fingerprint density at radius 2 is 1.89 bits per heavy atom. The smallest absolute Gasteiger partial charge is 0.253 e. The fraction of sp³-hybridized carbons (Fsp3) is 0.524. The summed E-state index contributed by atoms with van der Waals surface area (Å²) in [6.07, 6.45) is 5.91. The number of aromatic nitrogens is 2. The van der Waals surface area contributed by atoms with Crippen LogP contribution in [-0.2, 0) is 4.74 Å². The number of ether oxygens (including phenoxy) is 1. The van der Waals surface area contributed by atoms with E-state index in [9.17, 15) is 4.79 Å². The highest BCUT2D eigenvalue weighted by Crippen LogP contribution is 2.39. The molecule has 27 heavy (non-hydrogen) atoms. The van der Waals surface area contributed by atoms with Gasteiger partial charge in [0.1, 0.15) is 5.82 Å². The number of carbonyl (C=O) groups excluding carboxylic acids is 1. The van der Waals surface area contributed by atoms with Gasteiger partial charge >= 0.3 is 0 Å². The number of hydrogen-bond donors (Lipinski definition) is 1. The van der Waals surface area contributed by atoms with Crippen molar-refractivity contribution in [1.82, 2.24) is 19.8 Å². The number of benzene rings is 1. The van der Waals surface area contributed by atoms with Crippen molar-refractivity contribution in [3.05, 3.63) is 42.2 Å². The molecular formula is C21H28N4O2. The van der Waals surface area contributed by atoms with Gasteiger partial charge in [-0.05, 0) is 50.9 Å². The normalized spacial score (nSPS) is 27.8. The summed E-state index contributed by atoms with van der Waals surface area (Å²) < 4.78 is 5.75. The number of nitrogens with zero attached hydrogens (tertiary/aromatic N) is 3. The van der Waals surface area contributed by atoms with E-state index in [0.717, 1.165) is 42.9 Å². The predicted octanol–water partition coefficient (Wildman–Crippen LogP) is 2.50. The third-order valence-electron chi connectivity index (χ3n) is 6.24. The zero-order valence-electron chi connectivity index (χ0n) is 16.3. The van der Waals surface area contributed by atoms with Gasteiger partial charge in [0.05, 0.1) is 6.10 Å². The van der Waals surface area contributed by atoms with E-state index in [1.807, 2.05) is 29.2 Å². The van der Waals surface area contributed by atoms with Crippen molar-refractivity contribution in [2.45, 2.75) is 25.0 Å². The number of aromatic amines is 1. The Labute approximate surface area is 160 Å². The molecule has 4 rings (SSSR count). The zero-order chi connectivity index (χ0) is 19.0. The summed E-state index contributed by atoms with van der Waals surface area (Å²) >= 11 is 0. The molecule has 1 aliphatic carbocycles. The Kier molecular flexibility index (Phi) is 5.02. The maximum absolute atomic E-state index is 13.0. The van der Waals surface area contributed by atoms with E-state index in [1.165, 1.54) is 0 Å². The van der Waals surface area contributed by atoms with E-state index >= 15 is 0 Å². The second kappa shape index (κ2) is 7.44. The van der Waals surface area contributed by atoms with Crippen molar-refractivity contribution < 1.29 is 9.53 Å². The zero-order valence-corrected chi connectivity index (χ0v) is 16.3. The number of fused-ring (bicyclic) bond motifs is 1. The summed E-state index contributed by atoms with van der Waals surface area (Å²) in [4.78, 5) is 24.7. The minimum absolute atomic E-state index is 0.130. The number of H-pyrrole nitrogens is 1. The Hall–Kier alpha value is -2.18. The van der Waals surface area contributed by atoms with Gasteiger partial charge in [0.2, 0.25) is 0 Å². The molecule has 0 bridgehead atoms. The van der Waals surface area contributed by atoms with E-state index in [2.05, 4.69) is 29.0 Å². The van der Waals surface area contributed by atoms with Crippen LogP contribution in [0.2, 0.25) is 0 Å². The van der Waals surface area contributed by atoms with Crippen LogP contribution in [-0.4, -0.2) is 72.1 Å². The van der Waals surface area contributed by atoms with Crippen molar-refractivity contribution in [3.8, 4) is 11.4 Å². The van der Waals surface area contributed by atoms with E-state index in [-0.39, 0.29) is 12.0 Å². The van der Waals surface area contributed by atoms with Gasteiger partial charge in [-0.1, -0.05) is 12.1 Å². The third kappa shape index (κ3) is 3.51. The average molecular weight is 368 g/mol. The average Bonchev–Trinajstić information content (AvgIpc) is 3.35. The fourth-order valence-corrected chi connectivity index (χ4v) is 4.73. The highest BCUT2D eigenvalue weighted by molar-refractivity contribution is 5.94. The number of amides is 1. The second-order valence-electron chi connectivity index (χ2n) is 8.02. The van der Waals surface area contributed by atoms with Crippen LogP contribution >= 0.6 is 0 Å². The van der Waals surface area contributed by atoms with E-state index in [0.29, 0.717) is 17.9 Å². The molecule has 0 spiro atoms. The Morgan fingerprint density at radius 1 is 1.19 bits per heavy atom. The molecule has 2 aliphatic rings. The number of carbonyl (C=O) groups is 1. The summed E-state index contributed by atoms with van der Waals surface area (Å²) in [6, 6.07) is 8.15. The van der Waals surface area contributed by atoms with Gasteiger partial charge < -0.3 is 19.5 Å². The molecule has 1 amide bonds. The molecule has 144 valence electrons. The lowest BCUT2D eigenvalue weighted by molar-refractivity contribution is -0.0209. The van der Waals surface area contributed by atoms with Crippen molar-refractivity contribution >= 4 is 5.91 Å². The molecule has 1 aromatic carbocycles. The summed E-state index contributed by atoms with van der Waals surface area (Å²) in [7, 11) is 6.05. The molecule has 1 saturated heterocycles. The first kappa shape index (κ1) is 18.2. The van der Waals surface area contributed by atoms with Gasteiger partial charge in [0.15, 0.2) is 0 Å². The molecule has 6 heteroatoms. The first-order chi connectivity index (χ1) is 13.1. The molecule has 1 N–H and O–H groups in total. The number of hydrogen-bond acceptors (Lipinski definition) is 4. The van der Waals surface area contributed by atoms with Crippen LogP contribution in [0.1, 0.15) is 23.2 Å². The second-order valence-corrected chi connectivity index (χ2v) is 8.02. The third-order valence-corrected chi connectivity index (χ3v) is 6.24. The Bertz CT molecular complexity index is 772. The SMILES string of the molecule is CO[C@@H]1C[C@H]2CN(C(=O)c3ccc(-c4ncc[nH]4)cc3)C[C@H]2C[C@H]1N(C)C. The van der Waals surface area contributed by atoms with E-state index in [1.54, 1.807) is 19.5 Å². The minimum Gasteiger partial charge on any atom is -0.380 e. The Morgan fingerprint density at radius 3 is 2.48 bits per heavy atom. The molecule has 2 heterocycles. The van der Waals surface area contributed by atoms with Crippen molar-refractivity contribution in [3.63, 3.8) is 0 Å². The molecule has 1 saturated carbocycles. The summed E-state index contributed by atoms with van der Waals surface area (Å²) in [6.45, 7) is 1.69. The van der Waals surface area contributed by atoms with Crippen LogP contribution in [0.5, 0.6) is 0 Å². The van der Waals surface area contributed by atoms with Gasteiger partial charge in [-0.2, -0.15) is 0 Å². The van der Waals surface area contributed by atoms with Gasteiger partial charge in [0.25, 0.3) is 5.91 Å². The number of methoxy groups -OCH3 is 1. The monoisotopic (exact) mass is 368 g/mol. The molecule has 4 atom stereocenters. The van der Waals surface area contributed by atoms with Gasteiger partial charge in [-0.15, -0.1) is 0 Å². The number of likely N-dealkylation sites (N-methyl/N-ethyl adjacent to an activating group) is 1. The topological polar surface area (TPSA) is 61.5 Å². The van der Waals surface area contributed by atoms with Crippen LogP contribution in [0.3, 0.4) is 0 Å². The van der Waals surface area contributed by atoms with Crippen LogP contribution < -0.4 is 0 Å². The first-order valence-electron chi connectivity index (χ1n) is 9.65. The van der Waals surface area contributed by atoms with Crippen LogP contribution in [0, 0.1) is 11.8 Å². The maximum Gasteiger partial charge on any atom is 0.253 e. The quantitative estimate of drug-likeness (QED) is 0.901. The summed E-state index contributed by atoms with van der Waals surface area (Å²) in [5.41, 5.74) is 1.74. The number of rotatable bonds is 4. The number of imidazole rings is 1.